The standard InChI is InChI=1S/C20H15N2.ClH.Pt/c1-3-10-19(11-4-1)21-15-17-8-7-9-18(14-17)16-22-20-12-5-2-6-13-20;;/h1-15H;1H;/q-1;;+2/p-1. The second-order valence-electron chi connectivity index (χ2n) is 4.78. The van der Waals surface area contributed by atoms with E-state index in [-0.39, 0.29) is 0 Å². The molecule has 4 heteroatoms. The van der Waals surface area contributed by atoms with E-state index in [9.17, 15) is 0 Å². The normalized spacial score (nSPS) is 10.6. The first-order valence-electron chi connectivity index (χ1n) is 7.23. The van der Waals surface area contributed by atoms with E-state index >= 15 is 0 Å². The summed E-state index contributed by atoms with van der Waals surface area (Å²) in [5, 5.41) is 0. The molecule has 0 aliphatic carbocycles. The molecule has 0 saturated heterocycles. The first-order chi connectivity index (χ1) is 11.9. The van der Waals surface area contributed by atoms with Crippen LogP contribution in [0.15, 0.2) is 94.9 Å². The SMILES string of the molecule is [C-](=Nc1ccccc1)c1cccc(C=Nc2ccccc2)c1.[Cl][Pt+]. The average molecular weight is 514 g/mol. The van der Waals surface area contributed by atoms with Crippen molar-refractivity contribution in [2.45, 2.75) is 0 Å². The molecule has 0 amide bonds. The summed E-state index contributed by atoms with van der Waals surface area (Å²) < 4.78 is 0. The number of hydrogen-bond donors (Lipinski definition) is 0. The van der Waals surface area contributed by atoms with E-state index in [1.54, 1.807) is 18.8 Å². The second kappa shape index (κ2) is 10.7. The molecule has 0 unspecified atom stereocenters. The Morgan fingerprint density at radius 1 is 0.750 bits per heavy atom. The Morgan fingerprint density at radius 2 is 1.38 bits per heavy atom. The molecule has 24 heavy (non-hydrogen) atoms. The summed E-state index contributed by atoms with van der Waals surface area (Å²) in [6.45, 7) is 0. The van der Waals surface area contributed by atoms with Gasteiger partial charge < -0.3 is 4.99 Å². The van der Waals surface area contributed by atoms with Crippen LogP contribution in [0.3, 0.4) is 0 Å². The van der Waals surface area contributed by atoms with Crippen LogP contribution < -0.4 is 0 Å². The first kappa shape index (κ1) is 18.3. The second-order valence-corrected chi connectivity index (χ2v) is 4.78. The van der Waals surface area contributed by atoms with Gasteiger partial charge in [0.05, 0.1) is 5.69 Å². The molecule has 2 nitrogen and oxygen atoms in total. The molecule has 0 aromatic heterocycles. The van der Waals surface area contributed by atoms with E-state index in [1.807, 2.05) is 91.1 Å². The third kappa shape index (κ3) is 6.23. The van der Waals surface area contributed by atoms with Crippen molar-refractivity contribution in [3.05, 3.63) is 96.1 Å². The van der Waals surface area contributed by atoms with Crippen LogP contribution in [-0.4, -0.2) is 12.4 Å². The van der Waals surface area contributed by atoms with E-state index in [0.717, 1.165) is 22.5 Å². The van der Waals surface area contributed by atoms with Crippen LogP contribution in [0, 0.1) is 0 Å². The Labute approximate surface area is 157 Å². The van der Waals surface area contributed by atoms with Crippen molar-refractivity contribution in [2.24, 2.45) is 9.98 Å². The summed E-state index contributed by atoms with van der Waals surface area (Å²) in [5.41, 5.74) is 3.79. The number of para-hydroxylation sites is 2. The summed E-state index contributed by atoms with van der Waals surface area (Å²) in [6.07, 6.45) is 4.91. The number of nitrogens with zero attached hydrogens (tertiary/aromatic N) is 2. The summed E-state index contributed by atoms with van der Waals surface area (Å²) >= 11 is 1.61. The van der Waals surface area contributed by atoms with Crippen molar-refractivity contribution < 1.29 is 18.8 Å². The van der Waals surface area contributed by atoms with Crippen LogP contribution in [0.4, 0.5) is 11.4 Å². The first-order valence-corrected chi connectivity index (χ1v) is 10.0. The monoisotopic (exact) mass is 513 g/mol. The van der Waals surface area contributed by atoms with Gasteiger partial charge in [0.15, 0.2) is 0 Å². The fraction of sp³-hybridized carbons (Fsp3) is 0. The Kier molecular flexibility index (Phi) is 8.16. The fourth-order valence-electron chi connectivity index (χ4n) is 1.98. The van der Waals surface area contributed by atoms with Gasteiger partial charge in [0, 0.05) is 6.21 Å². The topological polar surface area (TPSA) is 24.7 Å². The van der Waals surface area contributed by atoms with E-state index in [0.29, 0.717) is 0 Å². The molecule has 0 saturated carbocycles. The van der Waals surface area contributed by atoms with Crippen molar-refractivity contribution in [3.63, 3.8) is 0 Å². The molecule has 0 aliphatic rings. The Morgan fingerprint density at radius 3 is 2.04 bits per heavy atom. The van der Waals surface area contributed by atoms with Crippen molar-refractivity contribution in [3.8, 4) is 0 Å². The van der Waals surface area contributed by atoms with E-state index in [2.05, 4.69) is 25.6 Å². The van der Waals surface area contributed by atoms with Crippen LogP contribution in [-0.2, 0) is 18.8 Å². The maximum absolute atomic E-state index is 4.61. The van der Waals surface area contributed by atoms with Gasteiger partial charge in [-0.3, -0.25) is 4.99 Å². The molecule has 0 fully saturated rings. The molecule has 3 aromatic rings. The molecule has 0 spiro atoms. The van der Waals surface area contributed by atoms with Gasteiger partial charge in [-0.15, -0.1) is 23.8 Å². The summed E-state index contributed by atoms with van der Waals surface area (Å²) in [5.74, 6) is 0. The zero-order valence-corrected chi connectivity index (χ0v) is 15.8. The van der Waals surface area contributed by atoms with Gasteiger partial charge in [-0.25, -0.2) is 0 Å². The molecule has 0 bridgehead atoms. The minimum absolute atomic E-state index is 0.894. The molecule has 3 aromatic carbocycles. The number of aliphatic imine (C=N–C) groups is 2. The fourth-order valence-corrected chi connectivity index (χ4v) is 1.98. The van der Waals surface area contributed by atoms with Gasteiger partial charge in [-0.05, 0) is 29.6 Å². The van der Waals surface area contributed by atoms with Crippen LogP contribution in [0.1, 0.15) is 11.1 Å². The summed E-state index contributed by atoms with van der Waals surface area (Å²) in [6, 6.07) is 27.7. The third-order valence-electron chi connectivity index (χ3n) is 3.08. The van der Waals surface area contributed by atoms with Crippen LogP contribution in [0.2, 0.25) is 0 Å². The molecule has 122 valence electrons. The van der Waals surface area contributed by atoms with E-state index in [4.69, 9.17) is 0 Å². The van der Waals surface area contributed by atoms with E-state index < -0.39 is 0 Å². The van der Waals surface area contributed by atoms with E-state index in [1.165, 1.54) is 0 Å². The van der Waals surface area contributed by atoms with Gasteiger partial charge in [0.2, 0.25) is 0 Å². The molecular formula is C20H15ClN2Pt. The number of rotatable bonds is 4. The van der Waals surface area contributed by atoms with Crippen LogP contribution in [0.25, 0.3) is 0 Å². The number of hydrogen-bond acceptors (Lipinski definition) is 2. The average Bonchev–Trinajstić information content (AvgIpc) is 2.68. The van der Waals surface area contributed by atoms with Gasteiger partial charge in [-0.1, -0.05) is 54.6 Å². The molecular weight excluding hydrogens is 499 g/mol. The van der Waals surface area contributed by atoms with Gasteiger partial charge >= 0.3 is 28.2 Å². The number of halogens is 1. The molecule has 0 heterocycles. The molecule has 0 radical (unpaired) electrons. The molecule has 0 aliphatic heterocycles. The molecule has 0 N–H and O–H groups in total. The van der Waals surface area contributed by atoms with Crippen LogP contribution >= 0.6 is 9.42 Å². The number of benzene rings is 3. The van der Waals surface area contributed by atoms with Crippen molar-refractivity contribution >= 4 is 33.2 Å². The van der Waals surface area contributed by atoms with Gasteiger partial charge in [0.25, 0.3) is 0 Å². The molecule has 3 rings (SSSR count). The van der Waals surface area contributed by atoms with Crippen LogP contribution in [0.5, 0.6) is 0 Å². The quantitative estimate of drug-likeness (QED) is 0.313. The van der Waals surface area contributed by atoms with Gasteiger partial charge in [0.1, 0.15) is 0 Å². The predicted molar refractivity (Wildman–Crippen MR) is 98.6 cm³/mol. The third-order valence-corrected chi connectivity index (χ3v) is 3.08. The Balaban J connectivity index is 0.00000100. The summed E-state index contributed by atoms with van der Waals surface area (Å²) in [7, 11) is 4.61. The zero-order chi connectivity index (χ0) is 17.0. The van der Waals surface area contributed by atoms with Crippen molar-refractivity contribution in [1.82, 2.24) is 0 Å². The maximum atomic E-state index is 4.61. The predicted octanol–water partition coefficient (Wildman–Crippen LogP) is 5.75. The zero-order valence-electron chi connectivity index (χ0n) is 12.7. The van der Waals surface area contributed by atoms with Gasteiger partial charge in [-0.2, -0.15) is 0 Å². The minimum atomic E-state index is 0.894. The van der Waals surface area contributed by atoms with Crippen molar-refractivity contribution in [2.75, 3.05) is 0 Å². The molecule has 0 atom stereocenters. The Hall–Kier alpha value is -2.02. The Bertz CT molecular complexity index is 722. The summed E-state index contributed by atoms with van der Waals surface area (Å²) in [4.78, 5) is 8.79. The van der Waals surface area contributed by atoms with Crippen molar-refractivity contribution in [1.29, 1.82) is 0 Å².